The average Bonchev–Trinajstić information content (AvgIpc) is 2.39. The minimum absolute atomic E-state index is 0.650. The van der Waals surface area contributed by atoms with Crippen LogP contribution in [0.5, 0.6) is 11.5 Å². The van der Waals surface area contributed by atoms with Crippen molar-refractivity contribution >= 4 is 5.69 Å². The van der Waals surface area contributed by atoms with Gasteiger partial charge in [-0.1, -0.05) is 19.1 Å². The molecule has 100 valence electrons. The van der Waals surface area contributed by atoms with Crippen LogP contribution in [0.25, 0.3) is 0 Å². The van der Waals surface area contributed by atoms with Gasteiger partial charge < -0.3 is 14.8 Å². The first-order valence-corrected chi connectivity index (χ1v) is 6.51. The van der Waals surface area contributed by atoms with E-state index in [0.29, 0.717) is 13.2 Å². The van der Waals surface area contributed by atoms with E-state index in [4.69, 9.17) is 9.47 Å². The Morgan fingerprint density at radius 1 is 1.17 bits per heavy atom. The molecule has 0 aliphatic heterocycles. The van der Waals surface area contributed by atoms with E-state index in [1.807, 2.05) is 32.0 Å². The molecule has 1 rings (SSSR count). The summed E-state index contributed by atoms with van der Waals surface area (Å²) in [6, 6.07) is 5.83. The Morgan fingerprint density at radius 3 is 2.50 bits per heavy atom. The van der Waals surface area contributed by atoms with E-state index in [1.165, 1.54) is 5.57 Å². The van der Waals surface area contributed by atoms with E-state index in [0.717, 1.165) is 30.2 Å². The molecule has 0 aliphatic rings. The Morgan fingerprint density at radius 2 is 1.89 bits per heavy atom. The van der Waals surface area contributed by atoms with Crippen LogP contribution in [0, 0.1) is 0 Å². The van der Waals surface area contributed by atoms with Gasteiger partial charge in [-0.3, -0.25) is 0 Å². The second kappa shape index (κ2) is 7.64. The molecule has 0 amide bonds. The minimum Gasteiger partial charge on any atom is -0.494 e. The standard InChI is InChI=1S/C15H23NO2/c1-5-12(4)11-16-14-10-13(17-6-2)8-9-15(14)18-7-3/h8-10,16H,4-7,11H2,1-3H3. The fourth-order valence-electron chi connectivity index (χ4n) is 1.53. The van der Waals surface area contributed by atoms with Crippen LogP contribution in [0.15, 0.2) is 30.4 Å². The molecule has 18 heavy (non-hydrogen) atoms. The molecule has 1 aromatic rings. The molecule has 0 saturated heterocycles. The molecule has 1 N–H and O–H groups in total. The summed E-state index contributed by atoms with van der Waals surface area (Å²) in [6.07, 6.45) is 0.974. The van der Waals surface area contributed by atoms with Gasteiger partial charge in [-0.25, -0.2) is 0 Å². The van der Waals surface area contributed by atoms with Gasteiger partial charge in [-0.2, -0.15) is 0 Å². The van der Waals surface area contributed by atoms with Crippen molar-refractivity contribution in [2.45, 2.75) is 27.2 Å². The van der Waals surface area contributed by atoms with Crippen LogP contribution in [-0.4, -0.2) is 19.8 Å². The number of hydrogen-bond donors (Lipinski definition) is 1. The first-order chi connectivity index (χ1) is 8.71. The van der Waals surface area contributed by atoms with Gasteiger partial charge in [0.15, 0.2) is 0 Å². The zero-order valence-electron chi connectivity index (χ0n) is 11.6. The maximum atomic E-state index is 5.59. The third-order valence-corrected chi connectivity index (χ3v) is 2.59. The molecule has 3 nitrogen and oxygen atoms in total. The molecule has 0 atom stereocenters. The van der Waals surface area contributed by atoms with Crippen LogP contribution in [0.4, 0.5) is 5.69 Å². The second-order valence-corrected chi connectivity index (χ2v) is 3.98. The van der Waals surface area contributed by atoms with E-state index < -0.39 is 0 Å². The van der Waals surface area contributed by atoms with Gasteiger partial charge in [-0.15, -0.1) is 0 Å². The van der Waals surface area contributed by atoms with E-state index in [-0.39, 0.29) is 0 Å². The van der Waals surface area contributed by atoms with Gasteiger partial charge in [-0.05, 0) is 32.4 Å². The summed E-state index contributed by atoms with van der Waals surface area (Å²) in [6.45, 7) is 12.1. The highest BCUT2D eigenvalue weighted by Gasteiger charge is 2.05. The van der Waals surface area contributed by atoms with Crippen LogP contribution in [0.2, 0.25) is 0 Å². The van der Waals surface area contributed by atoms with Crippen LogP contribution in [0.1, 0.15) is 27.2 Å². The zero-order valence-corrected chi connectivity index (χ0v) is 11.6. The molecule has 0 heterocycles. The van der Waals surface area contributed by atoms with E-state index >= 15 is 0 Å². The van der Waals surface area contributed by atoms with E-state index in [2.05, 4.69) is 18.8 Å². The molecular formula is C15H23NO2. The Hall–Kier alpha value is -1.64. The quantitative estimate of drug-likeness (QED) is 0.710. The topological polar surface area (TPSA) is 30.5 Å². The van der Waals surface area contributed by atoms with Gasteiger partial charge in [0, 0.05) is 12.6 Å². The van der Waals surface area contributed by atoms with Crippen LogP contribution < -0.4 is 14.8 Å². The molecular weight excluding hydrogens is 226 g/mol. The first-order valence-electron chi connectivity index (χ1n) is 6.51. The largest absolute Gasteiger partial charge is 0.494 e. The number of ether oxygens (including phenoxy) is 2. The van der Waals surface area contributed by atoms with Crippen LogP contribution in [0.3, 0.4) is 0 Å². The molecule has 0 fully saturated rings. The Bertz CT molecular complexity index is 388. The summed E-state index contributed by atoms with van der Waals surface area (Å²) >= 11 is 0. The number of nitrogens with one attached hydrogen (secondary N) is 1. The fourth-order valence-corrected chi connectivity index (χ4v) is 1.53. The van der Waals surface area contributed by atoms with Crippen molar-refractivity contribution in [1.82, 2.24) is 0 Å². The van der Waals surface area contributed by atoms with Crippen molar-refractivity contribution < 1.29 is 9.47 Å². The number of hydrogen-bond acceptors (Lipinski definition) is 3. The van der Waals surface area contributed by atoms with Gasteiger partial charge >= 0.3 is 0 Å². The Balaban J connectivity index is 2.81. The molecule has 0 aliphatic carbocycles. The highest BCUT2D eigenvalue weighted by molar-refractivity contribution is 5.60. The fraction of sp³-hybridized carbons (Fsp3) is 0.467. The van der Waals surface area contributed by atoms with Gasteiger partial charge in [0.25, 0.3) is 0 Å². The van der Waals surface area contributed by atoms with Crippen LogP contribution in [-0.2, 0) is 0 Å². The molecule has 0 spiro atoms. The number of rotatable bonds is 8. The lowest BCUT2D eigenvalue weighted by molar-refractivity contribution is 0.332. The van der Waals surface area contributed by atoms with Crippen molar-refractivity contribution in [1.29, 1.82) is 0 Å². The smallest absolute Gasteiger partial charge is 0.142 e. The Kier molecular flexibility index (Phi) is 6.12. The summed E-state index contributed by atoms with van der Waals surface area (Å²) in [5.74, 6) is 1.70. The molecule has 0 unspecified atom stereocenters. The molecule has 0 saturated carbocycles. The monoisotopic (exact) mass is 249 g/mol. The molecule has 0 bridgehead atoms. The molecule has 3 heteroatoms. The lowest BCUT2D eigenvalue weighted by atomic mass is 10.2. The lowest BCUT2D eigenvalue weighted by Crippen LogP contribution is -2.06. The van der Waals surface area contributed by atoms with Crippen LogP contribution >= 0.6 is 0 Å². The predicted octanol–water partition coefficient (Wildman–Crippen LogP) is 3.86. The minimum atomic E-state index is 0.650. The van der Waals surface area contributed by atoms with Crippen molar-refractivity contribution in [3.8, 4) is 11.5 Å². The SMILES string of the molecule is C=C(CC)CNc1cc(OCC)ccc1OCC. The van der Waals surface area contributed by atoms with Gasteiger partial charge in [0.2, 0.25) is 0 Å². The van der Waals surface area contributed by atoms with Crippen molar-refractivity contribution in [2.24, 2.45) is 0 Å². The van der Waals surface area contributed by atoms with Crippen molar-refractivity contribution in [2.75, 3.05) is 25.1 Å². The summed E-state index contributed by atoms with van der Waals surface area (Å²) in [7, 11) is 0. The van der Waals surface area contributed by atoms with E-state index in [1.54, 1.807) is 0 Å². The Labute approximate surface area is 110 Å². The lowest BCUT2D eigenvalue weighted by Gasteiger charge is -2.14. The molecule has 0 aromatic heterocycles. The van der Waals surface area contributed by atoms with Crippen molar-refractivity contribution in [3.63, 3.8) is 0 Å². The maximum Gasteiger partial charge on any atom is 0.142 e. The van der Waals surface area contributed by atoms with Gasteiger partial charge in [0.1, 0.15) is 11.5 Å². The summed E-state index contributed by atoms with van der Waals surface area (Å²) < 4.78 is 11.1. The number of anilines is 1. The van der Waals surface area contributed by atoms with E-state index in [9.17, 15) is 0 Å². The summed E-state index contributed by atoms with van der Waals surface area (Å²) in [5, 5.41) is 3.34. The van der Waals surface area contributed by atoms with Crippen molar-refractivity contribution in [3.05, 3.63) is 30.4 Å². The highest BCUT2D eigenvalue weighted by atomic mass is 16.5. The second-order valence-electron chi connectivity index (χ2n) is 3.98. The third-order valence-electron chi connectivity index (χ3n) is 2.59. The third kappa shape index (κ3) is 4.32. The summed E-state index contributed by atoms with van der Waals surface area (Å²) in [5.41, 5.74) is 2.12. The molecule has 0 radical (unpaired) electrons. The normalized spacial score (nSPS) is 9.94. The van der Waals surface area contributed by atoms with Gasteiger partial charge in [0.05, 0.1) is 18.9 Å². The maximum absolute atomic E-state index is 5.59. The molecule has 1 aromatic carbocycles. The average molecular weight is 249 g/mol. The zero-order chi connectivity index (χ0) is 13.4. The first kappa shape index (κ1) is 14.4. The summed E-state index contributed by atoms with van der Waals surface area (Å²) in [4.78, 5) is 0. The predicted molar refractivity (Wildman–Crippen MR) is 76.7 cm³/mol. The highest BCUT2D eigenvalue weighted by Crippen LogP contribution is 2.29. The number of benzene rings is 1.